The van der Waals surface area contributed by atoms with Gasteiger partial charge in [0.05, 0.1) is 17.6 Å². The minimum Gasteiger partial charge on any atom is -0.349 e. The summed E-state index contributed by atoms with van der Waals surface area (Å²) < 4.78 is 29.4. The Hall–Kier alpha value is -0.890. The van der Waals surface area contributed by atoms with Crippen molar-refractivity contribution in [3.8, 4) is 0 Å². The van der Waals surface area contributed by atoms with E-state index in [1.165, 1.54) is 17.9 Å². The van der Waals surface area contributed by atoms with Gasteiger partial charge >= 0.3 is 0 Å². The van der Waals surface area contributed by atoms with Crippen molar-refractivity contribution in [2.45, 2.75) is 13.3 Å². The molecule has 0 aromatic carbocycles. The van der Waals surface area contributed by atoms with Crippen molar-refractivity contribution in [2.24, 2.45) is 0 Å². The van der Waals surface area contributed by atoms with Crippen LogP contribution in [0.15, 0.2) is 6.33 Å². The van der Waals surface area contributed by atoms with E-state index in [2.05, 4.69) is 30.3 Å². The van der Waals surface area contributed by atoms with E-state index in [-0.39, 0.29) is 6.54 Å². The highest BCUT2D eigenvalue weighted by molar-refractivity contribution is 9.09. The monoisotopic (exact) mass is 336 g/mol. The first-order valence-electron chi connectivity index (χ1n) is 5.29. The Morgan fingerprint density at radius 1 is 1.44 bits per heavy atom. The van der Waals surface area contributed by atoms with Gasteiger partial charge in [0, 0.05) is 11.9 Å². The number of anilines is 1. The lowest BCUT2D eigenvalue weighted by atomic mass is 10.3. The molecule has 0 fully saturated rings. The van der Waals surface area contributed by atoms with Crippen LogP contribution in [0.4, 0.5) is 14.6 Å². The molecule has 0 spiro atoms. The zero-order valence-corrected chi connectivity index (χ0v) is 12.0. The SMILES string of the molecule is Cc1nsc2ncnc(N(CCBr)CC(F)F)c12. The largest absolute Gasteiger partial charge is 0.349 e. The summed E-state index contributed by atoms with van der Waals surface area (Å²) in [4.78, 5) is 10.5. The first-order valence-corrected chi connectivity index (χ1v) is 7.19. The maximum absolute atomic E-state index is 12.6. The van der Waals surface area contributed by atoms with E-state index in [0.29, 0.717) is 17.7 Å². The molecule has 4 nitrogen and oxygen atoms in total. The topological polar surface area (TPSA) is 41.9 Å². The van der Waals surface area contributed by atoms with E-state index < -0.39 is 6.43 Å². The zero-order chi connectivity index (χ0) is 13.1. The van der Waals surface area contributed by atoms with Gasteiger partial charge in [0.25, 0.3) is 6.43 Å². The van der Waals surface area contributed by atoms with Gasteiger partial charge in [-0.3, -0.25) is 0 Å². The number of hydrogen-bond donors (Lipinski definition) is 0. The number of aryl methyl sites for hydroxylation is 1. The predicted octanol–water partition coefficient (Wildman–Crippen LogP) is 2.86. The second-order valence-corrected chi connectivity index (χ2v) is 5.22. The van der Waals surface area contributed by atoms with Crippen LogP contribution < -0.4 is 4.90 Å². The number of fused-ring (bicyclic) bond motifs is 1. The molecular formula is C10H11BrF2N4S. The Kier molecular flexibility index (Phi) is 4.39. The normalized spacial score (nSPS) is 11.4. The van der Waals surface area contributed by atoms with Gasteiger partial charge in [-0.1, -0.05) is 15.9 Å². The van der Waals surface area contributed by atoms with Gasteiger partial charge in [-0.05, 0) is 18.5 Å². The number of alkyl halides is 3. The number of hydrogen-bond acceptors (Lipinski definition) is 5. The summed E-state index contributed by atoms with van der Waals surface area (Å²) in [7, 11) is 0. The van der Waals surface area contributed by atoms with Crippen molar-refractivity contribution in [3.05, 3.63) is 12.0 Å². The van der Waals surface area contributed by atoms with Crippen LogP contribution >= 0.6 is 27.5 Å². The molecule has 0 aliphatic heterocycles. The van der Waals surface area contributed by atoms with Crippen LogP contribution in [0.25, 0.3) is 10.2 Å². The van der Waals surface area contributed by atoms with Gasteiger partial charge in [-0.2, -0.15) is 4.37 Å². The van der Waals surface area contributed by atoms with E-state index >= 15 is 0 Å². The second-order valence-electron chi connectivity index (χ2n) is 3.67. The number of nitrogens with zero attached hydrogens (tertiary/aromatic N) is 4. The third-order valence-electron chi connectivity index (χ3n) is 2.44. The Labute approximate surface area is 115 Å². The Morgan fingerprint density at radius 3 is 2.89 bits per heavy atom. The molecule has 2 rings (SSSR count). The Bertz CT molecular complexity index is 534. The highest BCUT2D eigenvalue weighted by Gasteiger charge is 2.18. The second kappa shape index (κ2) is 5.83. The molecule has 0 aliphatic rings. The molecule has 0 aliphatic carbocycles. The van der Waals surface area contributed by atoms with Gasteiger partial charge < -0.3 is 4.90 Å². The van der Waals surface area contributed by atoms with Crippen LogP contribution in [-0.2, 0) is 0 Å². The first kappa shape index (κ1) is 13.5. The van der Waals surface area contributed by atoms with E-state index in [1.807, 2.05) is 6.92 Å². The molecule has 8 heteroatoms. The fourth-order valence-electron chi connectivity index (χ4n) is 1.70. The van der Waals surface area contributed by atoms with Crippen LogP contribution in [0.1, 0.15) is 5.69 Å². The maximum Gasteiger partial charge on any atom is 0.255 e. The summed E-state index contributed by atoms with van der Waals surface area (Å²) >= 11 is 4.52. The molecule has 0 saturated heterocycles. The molecule has 98 valence electrons. The minimum absolute atomic E-state index is 0.340. The highest BCUT2D eigenvalue weighted by Crippen LogP contribution is 2.28. The lowest BCUT2D eigenvalue weighted by Crippen LogP contribution is -2.31. The number of halogens is 3. The van der Waals surface area contributed by atoms with Crippen molar-refractivity contribution < 1.29 is 8.78 Å². The minimum atomic E-state index is -2.40. The molecule has 0 amide bonds. The molecule has 0 saturated carbocycles. The van der Waals surface area contributed by atoms with Crippen LogP contribution in [0.3, 0.4) is 0 Å². The van der Waals surface area contributed by atoms with Gasteiger partial charge in [0.15, 0.2) is 0 Å². The fraction of sp³-hybridized carbons (Fsp3) is 0.500. The summed E-state index contributed by atoms with van der Waals surface area (Å²) in [6.45, 7) is 1.96. The molecular weight excluding hydrogens is 326 g/mol. The molecule has 0 radical (unpaired) electrons. The van der Waals surface area contributed by atoms with Crippen molar-refractivity contribution in [1.29, 1.82) is 0 Å². The molecule has 2 aromatic heterocycles. The van der Waals surface area contributed by atoms with Gasteiger partial charge in [0.1, 0.15) is 17.0 Å². The maximum atomic E-state index is 12.6. The molecule has 0 atom stereocenters. The van der Waals surface area contributed by atoms with Crippen molar-refractivity contribution in [1.82, 2.24) is 14.3 Å². The summed E-state index contributed by atoms with van der Waals surface area (Å²) in [5.74, 6) is 0.533. The first-order chi connectivity index (χ1) is 8.63. The van der Waals surface area contributed by atoms with E-state index in [0.717, 1.165) is 15.9 Å². The van der Waals surface area contributed by atoms with Gasteiger partial charge in [0.2, 0.25) is 0 Å². The van der Waals surface area contributed by atoms with Crippen LogP contribution in [0, 0.1) is 6.92 Å². The molecule has 18 heavy (non-hydrogen) atoms. The van der Waals surface area contributed by atoms with Crippen LogP contribution in [0.2, 0.25) is 0 Å². The average Bonchev–Trinajstić information content (AvgIpc) is 2.70. The lowest BCUT2D eigenvalue weighted by molar-refractivity contribution is 0.155. The molecule has 0 unspecified atom stereocenters. The van der Waals surface area contributed by atoms with E-state index in [4.69, 9.17) is 0 Å². The van der Waals surface area contributed by atoms with E-state index in [1.54, 1.807) is 4.90 Å². The number of aromatic nitrogens is 3. The smallest absolute Gasteiger partial charge is 0.255 e. The van der Waals surface area contributed by atoms with Crippen molar-refractivity contribution >= 4 is 43.5 Å². The Morgan fingerprint density at radius 2 is 2.22 bits per heavy atom. The molecule has 2 heterocycles. The third-order valence-corrected chi connectivity index (χ3v) is 3.64. The fourth-order valence-corrected chi connectivity index (χ4v) is 2.86. The lowest BCUT2D eigenvalue weighted by Gasteiger charge is -2.22. The van der Waals surface area contributed by atoms with Crippen molar-refractivity contribution in [3.63, 3.8) is 0 Å². The summed E-state index contributed by atoms with van der Waals surface area (Å²) in [6, 6.07) is 0. The van der Waals surface area contributed by atoms with Gasteiger partial charge in [-0.25, -0.2) is 18.7 Å². The highest BCUT2D eigenvalue weighted by atomic mass is 79.9. The van der Waals surface area contributed by atoms with Crippen molar-refractivity contribution in [2.75, 3.05) is 23.3 Å². The predicted molar refractivity (Wildman–Crippen MR) is 72.0 cm³/mol. The Balaban J connectivity index is 2.45. The number of rotatable bonds is 5. The average molecular weight is 337 g/mol. The van der Waals surface area contributed by atoms with Crippen LogP contribution in [-0.4, -0.2) is 39.2 Å². The zero-order valence-electron chi connectivity index (χ0n) is 9.61. The van der Waals surface area contributed by atoms with Crippen LogP contribution in [0.5, 0.6) is 0 Å². The summed E-state index contributed by atoms with van der Waals surface area (Å²) in [5, 5.41) is 1.37. The summed E-state index contributed by atoms with van der Waals surface area (Å²) in [6.07, 6.45) is -1.01. The molecule has 0 N–H and O–H groups in total. The molecule has 2 aromatic rings. The third kappa shape index (κ3) is 2.74. The standard InChI is InChI=1S/C10H11BrF2N4S/c1-6-8-9(14-5-15-10(8)18-16-6)17(3-2-11)4-7(12)13/h5,7H,2-4H2,1H3. The quantitative estimate of drug-likeness (QED) is 0.787. The van der Waals surface area contributed by atoms with E-state index in [9.17, 15) is 8.78 Å². The molecule has 0 bridgehead atoms. The summed E-state index contributed by atoms with van der Waals surface area (Å²) in [5.41, 5.74) is 0.777. The van der Waals surface area contributed by atoms with Gasteiger partial charge in [-0.15, -0.1) is 0 Å².